The number of hydrogen-bond donors (Lipinski definition) is 1. The van der Waals surface area contributed by atoms with Crippen LogP contribution in [0.1, 0.15) is 36.8 Å². The maximum atomic E-state index is 12.1. The minimum Gasteiger partial charge on any atom is -0.481 e. The van der Waals surface area contributed by atoms with Gasteiger partial charge in [0, 0.05) is 12.5 Å². The highest BCUT2D eigenvalue weighted by Crippen LogP contribution is 2.34. The predicted molar refractivity (Wildman–Crippen MR) is 93.8 cm³/mol. The Morgan fingerprint density at radius 2 is 1.39 bits per heavy atom. The zero-order valence-corrected chi connectivity index (χ0v) is 13.9. The molecule has 0 aliphatic rings. The molecule has 0 bridgehead atoms. The van der Waals surface area contributed by atoms with Crippen molar-refractivity contribution in [2.75, 3.05) is 19.6 Å². The molecule has 3 nitrogen and oxygen atoms in total. The highest BCUT2D eigenvalue weighted by molar-refractivity contribution is 5.77. The second-order valence-electron chi connectivity index (χ2n) is 5.73. The van der Waals surface area contributed by atoms with E-state index in [1.165, 1.54) is 0 Å². The molecule has 2 aromatic carbocycles. The van der Waals surface area contributed by atoms with Gasteiger partial charge < -0.3 is 10.0 Å². The van der Waals surface area contributed by atoms with E-state index in [2.05, 4.69) is 18.7 Å². The van der Waals surface area contributed by atoms with Crippen LogP contribution < -0.4 is 0 Å². The van der Waals surface area contributed by atoms with E-state index in [-0.39, 0.29) is 5.92 Å². The molecule has 3 heteroatoms. The van der Waals surface area contributed by atoms with Gasteiger partial charge in [0.05, 0.1) is 5.92 Å². The van der Waals surface area contributed by atoms with Crippen molar-refractivity contribution in [2.24, 2.45) is 0 Å². The lowest BCUT2D eigenvalue weighted by molar-refractivity contribution is -0.139. The molecule has 0 aliphatic carbocycles. The topological polar surface area (TPSA) is 40.5 Å². The van der Waals surface area contributed by atoms with E-state index in [0.29, 0.717) is 0 Å². The molecule has 0 radical (unpaired) electrons. The summed E-state index contributed by atoms with van der Waals surface area (Å²) in [7, 11) is 0. The number of rotatable bonds is 8. The van der Waals surface area contributed by atoms with Crippen molar-refractivity contribution in [2.45, 2.75) is 25.7 Å². The molecular formula is C20H25NO2. The molecule has 0 aliphatic heterocycles. The molecule has 0 heterocycles. The average Bonchev–Trinajstić information content (AvgIpc) is 2.59. The summed E-state index contributed by atoms with van der Waals surface area (Å²) in [4.78, 5) is 14.3. The third-order valence-electron chi connectivity index (χ3n) is 4.40. The Morgan fingerprint density at radius 1 is 0.913 bits per heavy atom. The SMILES string of the molecule is CCN(CC)CC(c1ccccc1)C(C(=O)O)c1ccccc1. The number of benzene rings is 2. The fourth-order valence-corrected chi connectivity index (χ4v) is 3.07. The summed E-state index contributed by atoms with van der Waals surface area (Å²) in [5.74, 6) is -1.38. The molecule has 0 amide bonds. The van der Waals surface area contributed by atoms with Crippen molar-refractivity contribution in [1.82, 2.24) is 4.90 Å². The lowest BCUT2D eigenvalue weighted by atomic mass is 9.81. The molecule has 23 heavy (non-hydrogen) atoms. The minimum atomic E-state index is -0.766. The molecule has 2 unspecified atom stereocenters. The fraction of sp³-hybridized carbons (Fsp3) is 0.350. The highest BCUT2D eigenvalue weighted by Gasteiger charge is 2.31. The van der Waals surface area contributed by atoms with Crippen molar-refractivity contribution >= 4 is 5.97 Å². The van der Waals surface area contributed by atoms with Crippen molar-refractivity contribution < 1.29 is 9.90 Å². The summed E-state index contributed by atoms with van der Waals surface area (Å²) in [5.41, 5.74) is 1.94. The third kappa shape index (κ3) is 4.42. The van der Waals surface area contributed by atoms with Crippen LogP contribution in [-0.2, 0) is 4.79 Å². The van der Waals surface area contributed by atoms with Crippen LogP contribution in [0.4, 0.5) is 0 Å². The fourth-order valence-electron chi connectivity index (χ4n) is 3.07. The second kappa shape index (κ2) is 8.49. The number of aliphatic carboxylic acids is 1. The van der Waals surface area contributed by atoms with Crippen LogP contribution in [0.5, 0.6) is 0 Å². The number of carboxylic acid groups (broad SMARTS) is 1. The number of hydrogen-bond acceptors (Lipinski definition) is 2. The maximum absolute atomic E-state index is 12.1. The Balaban J connectivity index is 2.43. The molecule has 2 atom stereocenters. The van der Waals surface area contributed by atoms with Crippen molar-refractivity contribution in [3.05, 3.63) is 71.8 Å². The van der Waals surface area contributed by atoms with E-state index in [4.69, 9.17) is 0 Å². The molecule has 122 valence electrons. The van der Waals surface area contributed by atoms with Gasteiger partial charge in [-0.25, -0.2) is 0 Å². The van der Waals surface area contributed by atoms with Gasteiger partial charge in [0.15, 0.2) is 0 Å². The van der Waals surface area contributed by atoms with Crippen LogP contribution in [0.25, 0.3) is 0 Å². The molecule has 0 saturated heterocycles. The van der Waals surface area contributed by atoms with Gasteiger partial charge in [-0.1, -0.05) is 74.5 Å². The molecule has 2 rings (SSSR count). The van der Waals surface area contributed by atoms with Gasteiger partial charge in [-0.05, 0) is 24.2 Å². The zero-order valence-electron chi connectivity index (χ0n) is 13.9. The van der Waals surface area contributed by atoms with E-state index in [0.717, 1.165) is 30.8 Å². The normalized spacial score (nSPS) is 13.7. The molecule has 0 spiro atoms. The molecule has 0 fully saturated rings. The first kappa shape index (κ1) is 17.2. The molecule has 1 N–H and O–H groups in total. The van der Waals surface area contributed by atoms with Crippen LogP contribution >= 0.6 is 0 Å². The Labute approximate surface area is 138 Å². The Hall–Kier alpha value is -2.13. The van der Waals surface area contributed by atoms with E-state index in [1.54, 1.807) is 0 Å². The molecule has 0 aromatic heterocycles. The first-order chi connectivity index (χ1) is 11.2. The van der Waals surface area contributed by atoms with Crippen LogP contribution in [-0.4, -0.2) is 35.6 Å². The van der Waals surface area contributed by atoms with Crippen LogP contribution in [0.15, 0.2) is 60.7 Å². The lowest BCUT2D eigenvalue weighted by Crippen LogP contribution is -2.33. The number of carbonyl (C=O) groups is 1. The standard InChI is InChI=1S/C20H25NO2/c1-3-21(4-2)15-18(16-11-7-5-8-12-16)19(20(22)23)17-13-9-6-10-14-17/h5-14,18-19H,3-4,15H2,1-2H3,(H,22,23). The first-order valence-corrected chi connectivity index (χ1v) is 8.22. The molecule has 0 saturated carbocycles. The summed E-state index contributed by atoms with van der Waals surface area (Å²) in [6.45, 7) is 6.80. The van der Waals surface area contributed by atoms with Gasteiger partial charge in [-0.15, -0.1) is 0 Å². The van der Waals surface area contributed by atoms with E-state index in [1.807, 2.05) is 60.7 Å². The van der Waals surface area contributed by atoms with E-state index >= 15 is 0 Å². The van der Waals surface area contributed by atoms with Gasteiger partial charge in [0.1, 0.15) is 0 Å². The first-order valence-electron chi connectivity index (χ1n) is 8.22. The number of likely N-dealkylation sites (N-methyl/N-ethyl adjacent to an activating group) is 1. The maximum Gasteiger partial charge on any atom is 0.311 e. The van der Waals surface area contributed by atoms with Gasteiger partial charge in [0.2, 0.25) is 0 Å². The minimum absolute atomic E-state index is 0.0731. The summed E-state index contributed by atoms with van der Waals surface area (Å²) in [6.07, 6.45) is 0. The Bertz CT molecular complexity index is 594. The number of nitrogens with zero attached hydrogens (tertiary/aromatic N) is 1. The van der Waals surface area contributed by atoms with Crippen molar-refractivity contribution in [3.8, 4) is 0 Å². The number of carboxylic acids is 1. The zero-order chi connectivity index (χ0) is 16.7. The summed E-state index contributed by atoms with van der Waals surface area (Å²) in [6, 6.07) is 19.6. The summed E-state index contributed by atoms with van der Waals surface area (Å²) < 4.78 is 0. The smallest absolute Gasteiger partial charge is 0.311 e. The monoisotopic (exact) mass is 311 g/mol. The summed E-state index contributed by atoms with van der Waals surface area (Å²) >= 11 is 0. The Morgan fingerprint density at radius 3 is 1.83 bits per heavy atom. The van der Waals surface area contributed by atoms with Gasteiger partial charge >= 0.3 is 5.97 Å². The highest BCUT2D eigenvalue weighted by atomic mass is 16.4. The van der Waals surface area contributed by atoms with Crippen LogP contribution in [0.2, 0.25) is 0 Å². The van der Waals surface area contributed by atoms with E-state index in [9.17, 15) is 9.90 Å². The van der Waals surface area contributed by atoms with Gasteiger partial charge in [-0.3, -0.25) is 4.79 Å². The predicted octanol–water partition coefficient (Wildman–Crippen LogP) is 3.98. The molecular weight excluding hydrogens is 286 g/mol. The quantitative estimate of drug-likeness (QED) is 0.801. The third-order valence-corrected chi connectivity index (χ3v) is 4.40. The second-order valence-corrected chi connectivity index (χ2v) is 5.73. The van der Waals surface area contributed by atoms with Crippen molar-refractivity contribution in [3.63, 3.8) is 0 Å². The Kier molecular flexibility index (Phi) is 6.36. The largest absolute Gasteiger partial charge is 0.481 e. The van der Waals surface area contributed by atoms with Gasteiger partial charge in [0.25, 0.3) is 0 Å². The van der Waals surface area contributed by atoms with Crippen LogP contribution in [0, 0.1) is 0 Å². The van der Waals surface area contributed by atoms with E-state index < -0.39 is 11.9 Å². The average molecular weight is 311 g/mol. The summed E-state index contributed by atoms with van der Waals surface area (Å²) in [5, 5.41) is 9.90. The van der Waals surface area contributed by atoms with Crippen LogP contribution in [0.3, 0.4) is 0 Å². The molecule has 2 aromatic rings. The van der Waals surface area contributed by atoms with Gasteiger partial charge in [-0.2, -0.15) is 0 Å². The van der Waals surface area contributed by atoms with Crippen molar-refractivity contribution in [1.29, 1.82) is 0 Å². The lowest BCUT2D eigenvalue weighted by Gasteiger charge is -2.30.